The Hall–Kier alpha value is -0.370. The summed E-state index contributed by atoms with van der Waals surface area (Å²) in [4.78, 5) is 14.6. The summed E-state index contributed by atoms with van der Waals surface area (Å²) in [5.74, 6) is 0.982. The SMILES string of the molecule is O=C1CCN2CCC[C@@]23CCCC[C@@H]13. The lowest BCUT2D eigenvalue weighted by Gasteiger charge is -2.50. The third-order valence-electron chi connectivity index (χ3n) is 4.69. The maximum atomic E-state index is 11.9. The van der Waals surface area contributed by atoms with Gasteiger partial charge in [0.25, 0.3) is 0 Å². The van der Waals surface area contributed by atoms with Crippen LogP contribution in [0.4, 0.5) is 0 Å². The van der Waals surface area contributed by atoms with Crippen LogP contribution in [0.15, 0.2) is 0 Å². The molecule has 3 rings (SSSR count). The van der Waals surface area contributed by atoms with Crippen LogP contribution in [-0.2, 0) is 4.79 Å². The Bertz CT molecular complexity index is 263. The van der Waals surface area contributed by atoms with Crippen molar-refractivity contribution in [3.63, 3.8) is 0 Å². The van der Waals surface area contributed by atoms with E-state index in [9.17, 15) is 4.79 Å². The molecule has 3 fully saturated rings. The van der Waals surface area contributed by atoms with Gasteiger partial charge in [-0.3, -0.25) is 9.69 Å². The molecule has 1 aliphatic carbocycles. The lowest BCUT2D eigenvalue weighted by Crippen LogP contribution is -2.58. The quantitative estimate of drug-likeness (QED) is 0.586. The van der Waals surface area contributed by atoms with Gasteiger partial charge in [0.2, 0.25) is 0 Å². The molecule has 0 aromatic rings. The van der Waals surface area contributed by atoms with Crippen LogP contribution in [0.1, 0.15) is 44.9 Å². The third-order valence-corrected chi connectivity index (χ3v) is 4.69. The molecule has 3 aliphatic rings. The highest BCUT2D eigenvalue weighted by molar-refractivity contribution is 5.83. The number of Topliss-reactive ketones (excluding diaryl/α,β-unsaturated/α-hetero) is 1. The molecule has 0 N–H and O–H groups in total. The summed E-state index contributed by atoms with van der Waals surface area (Å²) >= 11 is 0. The molecular weight excluding hydrogens is 174 g/mol. The van der Waals surface area contributed by atoms with E-state index < -0.39 is 0 Å². The zero-order valence-electron chi connectivity index (χ0n) is 8.80. The van der Waals surface area contributed by atoms with Crippen molar-refractivity contribution in [1.82, 2.24) is 4.90 Å². The Kier molecular flexibility index (Phi) is 1.94. The van der Waals surface area contributed by atoms with Crippen molar-refractivity contribution in [3.05, 3.63) is 0 Å². The summed E-state index contributed by atoms with van der Waals surface area (Å²) in [6.07, 6.45) is 8.55. The van der Waals surface area contributed by atoms with Gasteiger partial charge in [0, 0.05) is 24.4 Å². The lowest BCUT2D eigenvalue weighted by atomic mass is 9.67. The molecule has 0 radical (unpaired) electrons. The normalized spacial score (nSPS) is 43.4. The van der Waals surface area contributed by atoms with E-state index in [2.05, 4.69) is 4.90 Å². The number of piperidine rings is 1. The molecule has 2 nitrogen and oxygen atoms in total. The molecule has 0 aromatic carbocycles. The number of nitrogens with zero attached hydrogens (tertiary/aromatic N) is 1. The molecule has 1 spiro atoms. The first kappa shape index (κ1) is 8.90. The predicted octanol–water partition coefficient (Wildman–Crippen LogP) is 1.98. The van der Waals surface area contributed by atoms with E-state index in [-0.39, 0.29) is 0 Å². The first-order valence-electron chi connectivity index (χ1n) is 6.11. The summed E-state index contributed by atoms with van der Waals surface area (Å²) < 4.78 is 0. The Morgan fingerprint density at radius 3 is 2.93 bits per heavy atom. The van der Waals surface area contributed by atoms with Crippen LogP contribution >= 0.6 is 0 Å². The molecule has 2 aliphatic heterocycles. The fourth-order valence-corrected chi connectivity index (χ4v) is 4.07. The van der Waals surface area contributed by atoms with Gasteiger partial charge in [-0.1, -0.05) is 12.8 Å². The highest BCUT2D eigenvalue weighted by Gasteiger charge is 2.52. The first-order valence-corrected chi connectivity index (χ1v) is 6.11. The van der Waals surface area contributed by atoms with E-state index >= 15 is 0 Å². The van der Waals surface area contributed by atoms with Crippen LogP contribution < -0.4 is 0 Å². The number of rotatable bonds is 0. The summed E-state index contributed by atoms with van der Waals surface area (Å²) in [5, 5.41) is 0. The zero-order chi connectivity index (χ0) is 9.60. The Morgan fingerprint density at radius 1 is 1.14 bits per heavy atom. The number of hydrogen-bond acceptors (Lipinski definition) is 2. The Labute approximate surface area is 85.7 Å². The van der Waals surface area contributed by atoms with Gasteiger partial charge >= 0.3 is 0 Å². The number of carbonyl (C=O) groups is 1. The van der Waals surface area contributed by atoms with Crippen molar-refractivity contribution in [2.24, 2.45) is 5.92 Å². The van der Waals surface area contributed by atoms with Crippen LogP contribution in [-0.4, -0.2) is 29.3 Å². The summed E-state index contributed by atoms with van der Waals surface area (Å²) in [5.41, 5.74) is 0.341. The van der Waals surface area contributed by atoms with Crippen molar-refractivity contribution in [2.45, 2.75) is 50.5 Å². The van der Waals surface area contributed by atoms with E-state index in [1.807, 2.05) is 0 Å². The number of carbonyl (C=O) groups excluding carboxylic acids is 1. The van der Waals surface area contributed by atoms with E-state index in [0.717, 1.165) is 13.0 Å². The maximum Gasteiger partial charge on any atom is 0.139 e. The van der Waals surface area contributed by atoms with Crippen molar-refractivity contribution in [1.29, 1.82) is 0 Å². The highest BCUT2D eigenvalue weighted by Crippen LogP contribution is 2.48. The predicted molar refractivity (Wildman–Crippen MR) is 55.1 cm³/mol. The average molecular weight is 193 g/mol. The fourth-order valence-electron chi connectivity index (χ4n) is 4.07. The van der Waals surface area contributed by atoms with Gasteiger partial charge in [0.05, 0.1) is 0 Å². The minimum atomic E-state index is 0.341. The molecule has 14 heavy (non-hydrogen) atoms. The smallest absolute Gasteiger partial charge is 0.139 e. The van der Waals surface area contributed by atoms with E-state index in [1.165, 1.54) is 45.1 Å². The molecule has 1 saturated carbocycles. The van der Waals surface area contributed by atoms with Crippen molar-refractivity contribution < 1.29 is 4.79 Å². The largest absolute Gasteiger partial charge is 0.299 e. The van der Waals surface area contributed by atoms with Crippen LogP contribution in [0.2, 0.25) is 0 Å². The second kappa shape index (κ2) is 3.06. The van der Waals surface area contributed by atoms with E-state index in [1.54, 1.807) is 0 Å². The topological polar surface area (TPSA) is 20.3 Å². The second-order valence-corrected chi connectivity index (χ2v) is 5.21. The van der Waals surface area contributed by atoms with Gasteiger partial charge in [0.1, 0.15) is 5.78 Å². The fraction of sp³-hybridized carbons (Fsp3) is 0.917. The van der Waals surface area contributed by atoms with Crippen LogP contribution in [0.3, 0.4) is 0 Å². The van der Waals surface area contributed by atoms with Gasteiger partial charge < -0.3 is 0 Å². The van der Waals surface area contributed by atoms with Crippen molar-refractivity contribution in [2.75, 3.05) is 13.1 Å². The first-order chi connectivity index (χ1) is 6.83. The van der Waals surface area contributed by atoms with Gasteiger partial charge in [-0.15, -0.1) is 0 Å². The minimum Gasteiger partial charge on any atom is -0.299 e. The Balaban J connectivity index is 1.96. The zero-order valence-corrected chi connectivity index (χ0v) is 8.80. The number of ketones is 1. The summed E-state index contributed by atoms with van der Waals surface area (Å²) in [6, 6.07) is 0. The maximum absolute atomic E-state index is 11.9. The second-order valence-electron chi connectivity index (χ2n) is 5.21. The highest BCUT2D eigenvalue weighted by atomic mass is 16.1. The average Bonchev–Trinajstić information content (AvgIpc) is 2.61. The summed E-state index contributed by atoms with van der Waals surface area (Å²) in [6.45, 7) is 2.30. The van der Waals surface area contributed by atoms with Gasteiger partial charge in [-0.25, -0.2) is 0 Å². The minimum absolute atomic E-state index is 0.341. The van der Waals surface area contributed by atoms with Crippen molar-refractivity contribution in [3.8, 4) is 0 Å². The molecule has 2 atom stereocenters. The molecule has 78 valence electrons. The van der Waals surface area contributed by atoms with E-state index in [4.69, 9.17) is 0 Å². The van der Waals surface area contributed by atoms with Crippen molar-refractivity contribution >= 4 is 5.78 Å². The molecule has 0 amide bonds. The van der Waals surface area contributed by atoms with Crippen LogP contribution in [0.5, 0.6) is 0 Å². The van der Waals surface area contributed by atoms with E-state index in [0.29, 0.717) is 17.2 Å². The number of hydrogen-bond donors (Lipinski definition) is 0. The summed E-state index contributed by atoms with van der Waals surface area (Å²) in [7, 11) is 0. The van der Waals surface area contributed by atoms with Crippen LogP contribution in [0.25, 0.3) is 0 Å². The van der Waals surface area contributed by atoms with Gasteiger partial charge in [-0.05, 0) is 32.2 Å². The lowest BCUT2D eigenvalue weighted by molar-refractivity contribution is -0.135. The molecule has 0 unspecified atom stereocenters. The van der Waals surface area contributed by atoms with Gasteiger partial charge in [-0.2, -0.15) is 0 Å². The molecule has 2 heterocycles. The molecule has 2 heteroatoms. The molecule has 2 saturated heterocycles. The third kappa shape index (κ3) is 1.04. The molecule has 0 aromatic heterocycles. The standard InChI is InChI=1S/C12H19NO/c14-11-5-9-13-8-3-7-12(13)6-2-1-4-10(11)12/h10H,1-9H2/t10-,12+/m0/s1. The van der Waals surface area contributed by atoms with Gasteiger partial charge in [0.15, 0.2) is 0 Å². The van der Waals surface area contributed by atoms with Crippen LogP contribution in [0, 0.1) is 5.92 Å². The molecule has 0 bridgehead atoms. The Morgan fingerprint density at radius 2 is 2.00 bits per heavy atom. The molecular formula is C12H19NO. The monoisotopic (exact) mass is 193 g/mol.